The average Bonchev–Trinajstić information content (AvgIpc) is 2.64. The fraction of sp³-hybridized carbons (Fsp3) is 0.143. The molecule has 1 saturated heterocycles. The molecule has 1 atom stereocenters. The lowest BCUT2D eigenvalue weighted by Gasteiger charge is -1.98. The van der Waals surface area contributed by atoms with Gasteiger partial charge in [-0.25, -0.2) is 0 Å². The van der Waals surface area contributed by atoms with Crippen molar-refractivity contribution in [3.05, 3.63) is 24.3 Å². The standard InChI is InChI=1S/C7H6N2S/c1-2-4-6-5(3-1)9-7(8-9)10-6/h1-4,7-8H. The molecular formula is C7H6N2S. The summed E-state index contributed by atoms with van der Waals surface area (Å²) in [7, 11) is 0. The van der Waals surface area contributed by atoms with Crippen molar-refractivity contribution in [3.8, 4) is 0 Å². The molecule has 0 amide bonds. The van der Waals surface area contributed by atoms with E-state index in [-0.39, 0.29) is 0 Å². The monoisotopic (exact) mass is 150 g/mol. The highest BCUT2D eigenvalue weighted by Gasteiger charge is 2.42. The summed E-state index contributed by atoms with van der Waals surface area (Å²) in [6.07, 6.45) is 0. The summed E-state index contributed by atoms with van der Waals surface area (Å²) in [5, 5.41) is 2.18. The number of thioether (sulfide) groups is 1. The Morgan fingerprint density at radius 1 is 1.40 bits per heavy atom. The molecule has 3 heteroatoms. The number of nitrogens with zero attached hydrogens (tertiary/aromatic N) is 1. The smallest absolute Gasteiger partial charge is 0.163 e. The number of nitrogens with one attached hydrogen (secondary N) is 1. The van der Waals surface area contributed by atoms with E-state index < -0.39 is 0 Å². The van der Waals surface area contributed by atoms with E-state index in [1.54, 1.807) is 0 Å². The Hall–Kier alpha value is -0.670. The third kappa shape index (κ3) is 0.496. The van der Waals surface area contributed by atoms with E-state index in [0.717, 1.165) is 0 Å². The van der Waals surface area contributed by atoms with Gasteiger partial charge in [0.1, 0.15) is 0 Å². The average molecular weight is 150 g/mol. The van der Waals surface area contributed by atoms with E-state index in [4.69, 9.17) is 0 Å². The lowest BCUT2D eigenvalue weighted by atomic mass is 10.3. The summed E-state index contributed by atoms with van der Waals surface area (Å²) in [5.74, 6) is 0. The zero-order valence-corrected chi connectivity index (χ0v) is 6.06. The van der Waals surface area contributed by atoms with Crippen LogP contribution in [0.15, 0.2) is 29.2 Å². The van der Waals surface area contributed by atoms with Crippen LogP contribution in [0.3, 0.4) is 0 Å². The molecule has 0 bridgehead atoms. The molecule has 0 radical (unpaired) electrons. The molecule has 1 aromatic carbocycles. The van der Waals surface area contributed by atoms with Gasteiger partial charge in [-0.1, -0.05) is 23.9 Å². The maximum atomic E-state index is 3.22. The summed E-state index contributed by atoms with van der Waals surface area (Å²) in [6.45, 7) is 0. The summed E-state index contributed by atoms with van der Waals surface area (Å²) in [6, 6.07) is 8.45. The van der Waals surface area contributed by atoms with Gasteiger partial charge in [-0.05, 0) is 12.1 Å². The van der Waals surface area contributed by atoms with Crippen molar-refractivity contribution < 1.29 is 0 Å². The predicted molar refractivity (Wildman–Crippen MR) is 41.7 cm³/mol. The number of anilines is 1. The van der Waals surface area contributed by atoms with E-state index in [1.807, 2.05) is 11.8 Å². The number of fused-ring (bicyclic) bond motifs is 3. The van der Waals surface area contributed by atoms with Gasteiger partial charge in [0.05, 0.1) is 5.69 Å². The summed E-state index contributed by atoms with van der Waals surface area (Å²) in [5.41, 5.74) is 5.09. The third-order valence-corrected chi connectivity index (χ3v) is 2.92. The highest BCUT2D eigenvalue weighted by Crippen LogP contribution is 2.47. The number of hydrogen-bond acceptors (Lipinski definition) is 3. The van der Waals surface area contributed by atoms with Crippen LogP contribution in [-0.2, 0) is 0 Å². The highest BCUT2D eigenvalue weighted by molar-refractivity contribution is 8.00. The van der Waals surface area contributed by atoms with E-state index in [0.29, 0.717) is 5.50 Å². The second kappa shape index (κ2) is 1.49. The Kier molecular flexibility index (Phi) is 0.752. The number of hydrazine groups is 1. The molecule has 2 nitrogen and oxygen atoms in total. The van der Waals surface area contributed by atoms with Gasteiger partial charge in [0.2, 0.25) is 0 Å². The van der Waals surface area contributed by atoms with Gasteiger partial charge < -0.3 is 0 Å². The first-order valence-electron chi connectivity index (χ1n) is 3.26. The van der Waals surface area contributed by atoms with Gasteiger partial charge in [0, 0.05) is 4.90 Å². The number of rotatable bonds is 0. The fourth-order valence-electron chi connectivity index (χ4n) is 1.24. The van der Waals surface area contributed by atoms with E-state index >= 15 is 0 Å². The quantitative estimate of drug-likeness (QED) is 0.566. The van der Waals surface area contributed by atoms with Gasteiger partial charge in [0.25, 0.3) is 0 Å². The normalized spacial score (nSPS) is 26.0. The maximum absolute atomic E-state index is 3.22. The van der Waals surface area contributed by atoms with Crippen LogP contribution >= 0.6 is 11.8 Å². The molecule has 2 heterocycles. The molecule has 1 fully saturated rings. The Morgan fingerprint density at radius 3 is 3.20 bits per heavy atom. The lowest BCUT2D eigenvalue weighted by Crippen LogP contribution is -1.94. The van der Waals surface area contributed by atoms with Crippen LogP contribution in [0.4, 0.5) is 5.69 Å². The molecule has 50 valence electrons. The molecular weight excluding hydrogens is 144 g/mol. The zero-order chi connectivity index (χ0) is 6.55. The van der Waals surface area contributed by atoms with Crippen molar-refractivity contribution in [1.82, 2.24) is 5.43 Å². The lowest BCUT2D eigenvalue weighted by molar-refractivity contribution is 1.19. The van der Waals surface area contributed by atoms with Crippen LogP contribution in [-0.4, -0.2) is 5.50 Å². The first-order chi connectivity index (χ1) is 4.95. The van der Waals surface area contributed by atoms with Crippen LogP contribution in [0.25, 0.3) is 0 Å². The van der Waals surface area contributed by atoms with Crippen LogP contribution in [0.5, 0.6) is 0 Å². The van der Waals surface area contributed by atoms with Crippen LogP contribution in [0, 0.1) is 0 Å². The maximum Gasteiger partial charge on any atom is 0.163 e. The Bertz CT molecular complexity index is 287. The highest BCUT2D eigenvalue weighted by atomic mass is 32.2. The minimum atomic E-state index is 0.539. The zero-order valence-electron chi connectivity index (χ0n) is 5.24. The molecule has 0 aromatic heterocycles. The topological polar surface area (TPSA) is 25.0 Å². The molecule has 0 saturated carbocycles. The van der Waals surface area contributed by atoms with Crippen LogP contribution in [0.1, 0.15) is 0 Å². The number of benzene rings is 1. The first-order valence-corrected chi connectivity index (χ1v) is 4.14. The molecule has 1 N–H and O–H groups in total. The number of hydrogen-bond donors (Lipinski definition) is 1. The summed E-state index contributed by atoms with van der Waals surface area (Å²) >= 11 is 1.88. The number of para-hydroxylation sites is 1. The minimum absolute atomic E-state index is 0.539. The van der Waals surface area contributed by atoms with Crippen molar-refractivity contribution in [1.29, 1.82) is 0 Å². The Balaban J connectivity index is 2.22. The van der Waals surface area contributed by atoms with Crippen molar-refractivity contribution in [2.45, 2.75) is 10.4 Å². The molecule has 0 spiro atoms. The third-order valence-electron chi connectivity index (χ3n) is 1.78. The molecule has 1 aromatic rings. The van der Waals surface area contributed by atoms with Gasteiger partial charge in [-0.2, -0.15) is 5.43 Å². The van der Waals surface area contributed by atoms with Crippen LogP contribution < -0.4 is 10.4 Å². The fourth-order valence-corrected chi connectivity index (χ4v) is 2.31. The van der Waals surface area contributed by atoms with Gasteiger partial charge in [-0.15, -0.1) is 0 Å². The van der Waals surface area contributed by atoms with Crippen molar-refractivity contribution in [2.24, 2.45) is 0 Å². The van der Waals surface area contributed by atoms with Crippen LogP contribution in [0.2, 0.25) is 0 Å². The molecule has 0 aliphatic carbocycles. The SMILES string of the molecule is c1ccc2c(c1)SC1NN21. The molecule has 2 aliphatic rings. The molecule has 2 aliphatic heterocycles. The van der Waals surface area contributed by atoms with E-state index in [1.165, 1.54) is 10.6 Å². The summed E-state index contributed by atoms with van der Waals surface area (Å²) < 4.78 is 0. The van der Waals surface area contributed by atoms with E-state index in [2.05, 4.69) is 34.7 Å². The van der Waals surface area contributed by atoms with Gasteiger partial charge in [-0.3, -0.25) is 5.01 Å². The minimum Gasteiger partial charge on any atom is -0.276 e. The Labute approximate surface area is 63.2 Å². The Morgan fingerprint density at radius 2 is 2.30 bits per heavy atom. The van der Waals surface area contributed by atoms with Gasteiger partial charge >= 0.3 is 0 Å². The van der Waals surface area contributed by atoms with Gasteiger partial charge in [0.15, 0.2) is 5.50 Å². The largest absolute Gasteiger partial charge is 0.276 e. The second-order valence-corrected chi connectivity index (χ2v) is 3.56. The van der Waals surface area contributed by atoms with Crippen molar-refractivity contribution in [2.75, 3.05) is 5.01 Å². The van der Waals surface area contributed by atoms with E-state index in [9.17, 15) is 0 Å². The molecule has 1 unspecified atom stereocenters. The molecule has 10 heavy (non-hydrogen) atoms. The second-order valence-electron chi connectivity index (χ2n) is 2.44. The first kappa shape index (κ1) is 5.04. The summed E-state index contributed by atoms with van der Waals surface area (Å²) in [4.78, 5) is 1.39. The van der Waals surface area contributed by atoms with Crippen molar-refractivity contribution in [3.63, 3.8) is 0 Å². The van der Waals surface area contributed by atoms with Crippen molar-refractivity contribution >= 4 is 17.4 Å². The predicted octanol–water partition coefficient (Wildman–Crippen LogP) is 1.40. The molecule has 3 rings (SSSR count).